The maximum Gasteiger partial charge on any atom is 0.245 e. The number of hydrogen-bond donors (Lipinski definition) is 1. The van der Waals surface area contributed by atoms with Crippen LogP contribution in [0.3, 0.4) is 0 Å². The second kappa shape index (κ2) is 9.16. The monoisotopic (exact) mass is 457 g/mol. The number of rotatable bonds is 8. The molecule has 0 bridgehead atoms. The van der Waals surface area contributed by atoms with Crippen molar-refractivity contribution in [2.24, 2.45) is 0 Å². The SMILES string of the molecule is CSc1ccccc1NC(=O)CN(c1ccc(S(=O)(=O)N(C)C)cc1)S(C)(=O)=O. The minimum Gasteiger partial charge on any atom is -0.323 e. The zero-order chi connectivity index (χ0) is 21.8. The van der Waals surface area contributed by atoms with Gasteiger partial charge in [-0.1, -0.05) is 12.1 Å². The molecular formula is C18H23N3O5S3. The highest BCUT2D eigenvalue weighted by Crippen LogP contribution is 2.25. The van der Waals surface area contributed by atoms with Gasteiger partial charge in [-0.05, 0) is 42.7 Å². The topological polar surface area (TPSA) is 104 Å². The molecule has 0 atom stereocenters. The van der Waals surface area contributed by atoms with Crippen LogP contribution in [0.2, 0.25) is 0 Å². The molecule has 0 aliphatic heterocycles. The number of sulfonamides is 2. The van der Waals surface area contributed by atoms with Crippen molar-refractivity contribution in [2.75, 3.05) is 42.8 Å². The molecule has 2 aromatic rings. The molecule has 29 heavy (non-hydrogen) atoms. The van der Waals surface area contributed by atoms with Crippen molar-refractivity contribution in [3.05, 3.63) is 48.5 Å². The van der Waals surface area contributed by atoms with Crippen LogP contribution in [0.25, 0.3) is 0 Å². The Labute approximate surface area is 176 Å². The van der Waals surface area contributed by atoms with Gasteiger partial charge in [0.1, 0.15) is 6.54 Å². The van der Waals surface area contributed by atoms with Crippen molar-refractivity contribution >= 4 is 49.1 Å². The molecule has 158 valence electrons. The van der Waals surface area contributed by atoms with E-state index in [2.05, 4.69) is 5.32 Å². The van der Waals surface area contributed by atoms with Crippen LogP contribution in [-0.4, -0.2) is 60.2 Å². The highest BCUT2D eigenvalue weighted by molar-refractivity contribution is 7.98. The summed E-state index contributed by atoms with van der Waals surface area (Å²) in [5, 5.41) is 2.72. The zero-order valence-corrected chi connectivity index (χ0v) is 18.9. The fourth-order valence-electron chi connectivity index (χ4n) is 2.46. The van der Waals surface area contributed by atoms with Gasteiger partial charge in [0.15, 0.2) is 0 Å². The quantitative estimate of drug-likeness (QED) is 0.609. The molecule has 0 aliphatic carbocycles. The Balaban J connectivity index is 2.28. The molecule has 0 radical (unpaired) electrons. The highest BCUT2D eigenvalue weighted by atomic mass is 32.2. The van der Waals surface area contributed by atoms with E-state index in [4.69, 9.17) is 0 Å². The first kappa shape index (κ1) is 23.2. The van der Waals surface area contributed by atoms with Crippen LogP contribution in [0.4, 0.5) is 11.4 Å². The first-order valence-corrected chi connectivity index (χ1v) is 12.9. The summed E-state index contributed by atoms with van der Waals surface area (Å²) in [4.78, 5) is 13.4. The summed E-state index contributed by atoms with van der Waals surface area (Å²) < 4.78 is 50.8. The number of anilines is 2. The van der Waals surface area contributed by atoms with Gasteiger partial charge in [0.2, 0.25) is 26.0 Å². The maximum absolute atomic E-state index is 12.5. The summed E-state index contributed by atoms with van der Waals surface area (Å²) in [5.74, 6) is -0.512. The number of benzene rings is 2. The van der Waals surface area contributed by atoms with Gasteiger partial charge in [-0.3, -0.25) is 9.10 Å². The summed E-state index contributed by atoms with van der Waals surface area (Å²) in [6.45, 7) is -0.443. The van der Waals surface area contributed by atoms with Gasteiger partial charge >= 0.3 is 0 Å². The van der Waals surface area contributed by atoms with Gasteiger partial charge in [0.05, 0.1) is 22.5 Å². The van der Waals surface area contributed by atoms with Crippen LogP contribution in [0.5, 0.6) is 0 Å². The normalized spacial score (nSPS) is 12.0. The Bertz CT molecular complexity index is 1080. The van der Waals surface area contributed by atoms with Crippen LogP contribution in [0, 0.1) is 0 Å². The molecule has 0 heterocycles. The molecule has 1 amide bonds. The van der Waals surface area contributed by atoms with E-state index < -0.39 is 32.5 Å². The van der Waals surface area contributed by atoms with E-state index in [-0.39, 0.29) is 10.6 Å². The Morgan fingerprint density at radius 2 is 1.59 bits per heavy atom. The predicted molar refractivity (Wildman–Crippen MR) is 116 cm³/mol. The fourth-order valence-corrected chi connectivity index (χ4v) is 4.78. The summed E-state index contributed by atoms with van der Waals surface area (Å²) in [6, 6.07) is 12.5. The standard InChI is InChI=1S/C18H23N3O5S3/c1-20(2)29(25,26)15-11-9-14(10-12-15)21(28(4,23)24)13-18(22)19-16-7-5-6-8-17(16)27-3/h5-12H,13H2,1-4H3,(H,19,22). The third-order valence-electron chi connectivity index (χ3n) is 3.97. The fraction of sp³-hybridized carbons (Fsp3) is 0.278. The van der Waals surface area contributed by atoms with Crippen LogP contribution >= 0.6 is 11.8 Å². The number of carbonyl (C=O) groups is 1. The summed E-state index contributed by atoms with van der Waals surface area (Å²) >= 11 is 1.46. The molecular weight excluding hydrogens is 434 g/mol. The van der Waals surface area contributed by atoms with Crippen LogP contribution in [0.15, 0.2) is 58.3 Å². The average molecular weight is 458 g/mol. The zero-order valence-electron chi connectivity index (χ0n) is 16.5. The lowest BCUT2D eigenvalue weighted by atomic mass is 10.3. The van der Waals surface area contributed by atoms with Gasteiger partial charge in [-0.2, -0.15) is 0 Å². The van der Waals surface area contributed by atoms with Gasteiger partial charge in [0.25, 0.3) is 0 Å². The number of nitrogens with zero attached hydrogens (tertiary/aromatic N) is 2. The molecule has 2 aromatic carbocycles. The molecule has 0 saturated heterocycles. The number of para-hydroxylation sites is 1. The molecule has 0 fully saturated rings. The number of thioether (sulfide) groups is 1. The van der Waals surface area contributed by atoms with Gasteiger partial charge < -0.3 is 5.32 Å². The van der Waals surface area contributed by atoms with Gasteiger partial charge in [-0.15, -0.1) is 11.8 Å². The molecule has 8 nitrogen and oxygen atoms in total. The van der Waals surface area contributed by atoms with E-state index in [0.717, 1.165) is 19.8 Å². The number of nitrogens with one attached hydrogen (secondary N) is 1. The van der Waals surface area contributed by atoms with Crippen molar-refractivity contribution in [2.45, 2.75) is 9.79 Å². The lowest BCUT2D eigenvalue weighted by molar-refractivity contribution is -0.114. The molecule has 0 saturated carbocycles. The number of hydrogen-bond acceptors (Lipinski definition) is 6. The Morgan fingerprint density at radius 1 is 1.00 bits per heavy atom. The van der Waals surface area contributed by atoms with Crippen LogP contribution in [-0.2, 0) is 24.8 Å². The van der Waals surface area contributed by atoms with E-state index in [0.29, 0.717) is 5.69 Å². The first-order chi connectivity index (χ1) is 13.5. The third kappa shape index (κ3) is 5.72. The summed E-state index contributed by atoms with van der Waals surface area (Å²) in [6.07, 6.45) is 2.86. The second-order valence-corrected chi connectivity index (χ2v) is 11.2. The minimum atomic E-state index is -3.78. The Hall–Kier alpha value is -2.08. The van der Waals surface area contributed by atoms with Crippen molar-refractivity contribution in [1.29, 1.82) is 0 Å². The lowest BCUT2D eigenvalue weighted by Crippen LogP contribution is -2.37. The van der Waals surface area contributed by atoms with Crippen molar-refractivity contribution in [3.63, 3.8) is 0 Å². The molecule has 0 aromatic heterocycles. The molecule has 2 rings (SSSR count). The number of amides is 1. The molecule has 1 N–H and O–H groups in total. The lowest BCUT2D eigenvalue weighted by Gasteiger charge is -2.22. The minimum absolute atomic E-state index is 0.0260. The average Bonchev–Trinajstić information content (AvgIpc) is 2.65. The molecule has 0 unspecified atom stereocenters. The maximum atomic E-state index is 12.5. The first-order valence-electron chi connectivity index (χ1n) is 8.40. The molecule has 0 spiro atoms. The van der Waals surface area contributed by atoms with Crippen molar-refractivity contribution in [1.82, 2.24) is 4.31 Å². The number of carbonyl (C=O) groups excluding carboxylic acids is 1. The van der Waals surface area contributed by atoms with E-state index >= 15 is 0 Å². The largest absolute Gasteiger partial charge is 0.323 e. The van der Waals surface area contributed by atoms with E-state index in [9.17, 15) is 21.6 Å². The predicted octanol–water partition coefficient (Wildman–Crippen LogP) is 2.06. The smallest absolute Gasteiger partial charge is 0.245 e. The Morgan fingerprint density at radius 3 is 2.10 bits per heavy atom. The molecule has 11 heteroatoms. The van der Waals surface area contributed by atoms with Gasteiger partial charge in [-0.25, -0.2) is 21.1 Å². The molecule has 0 aliphatic rings. The Kier molecular flexibility index (Phi) is 7.33. The van der Waals surface area contributed by atoms with E-state index in [1.165, 1.54) is 50.1 Å². The summed E-state index contributed by atoms with van der Waals surface area (Å²) in [7, 11) is -4.61. The third-order valence-corrected chi connectivity index (χ3v) is 7.74. The summed E-state index contributed by atoms with van der Waals surface area (Å²) in [5.41, 5.74) is 0.782. The second-order valence-electron chi connectivity index (χ2n) is 6.30. The van der Waals surface area contributed by atoms with E-state index in [1.807, 2.05) is 18.4 Å². The van der Waals surface area contributed by atoms with Crippen molar-refractivity contribution < 1.29 is 21.6 Å². The van der Waals surface area contributed by atoms with E-state index in [1.54, 1.807) is 12.1 Å². The van der Waals surface area contributed by atoms with Crippen LogP contribution < -0.4 is 9.62 Å². The van der Waals surface area contributed by atoms with Crippen LogP contribution in [0.1, 0.15) is 0 Å². The van der Waals surface area contributed by atoms with Crippen molar-refractivity contribution in [3.8, 4) is 0 Å². The van der Waals surface area contributed by atoms with Gasteiger partial charge in [0, 0.05) is 19.0 Å². The highest BCUT2D eigenvalue weighted by Gasteiger charge is 2.23.